The quantitative estimate of drug-likeness (QED) is 0.896. The SMILES string of the molecule is CC1(C(=O)Nc2nc3ccc(OC(F)(F)F)cc3s2)CCCN1. The molecule has 23 heavy (non-hydrogen) atoms. The minimum atomic E-state index is -4.74. The third kappa shape index (κ3) is 3.56. The average molecular weight is 345 g/mol. The third-order valence-electron chi connectivity index (χ3n) is 3.68. The van der Waals surface area contributed by atoms with Crippen LogP contribution in [-0.2, 0) is 4.79 Å². The maximum Gasteiger partial charge on any atom is 0.573 e. The van der Waals surface area contributed by atoms with Crippen molar-refractivity contribution in [3.05, 3.63) is 18.2 Å². The highest BCUT2D eigenvalue weighted by Crippen LogP contribution is 2.32. The van der Waals surface area contributed by atoms with Gasteiger partial charge in [0.2, 0.25) is 5.91 Å². The van der Waals surface area contributed by atoms with Crippen LogP contribution in [0.5, 0.6) is 5.75 Å². The summed E-state index contributed by atoms with van der Waals surface area (Å²) in [5.41, 5.74) is -0.132. The lowest BCUT2D eigenvalue weighted by molar-refractivity contribution is -0.274. The minimum absolute atomic E-state index is 0.194. The molecule has 124 valence electrons. The first-order chi connectivity index (χ1) is 10.8. The van der Waals surface area contributed by atoms with Crippen LogP contribution in [0.25, 0.3) is 10.2 Å². The summed E-state index contributed by atoms with van der Waals surface area (Å²) in [4.78, 5) is 16.5. The van der Waals surface area contributed by atoms with Crippen molar-refractivity contribution in [2.45, 2.75) is 31.7 Å². The van der Waals surface area contributed by atoms with Gasteiger partial charge in [0, 0.05) is 6.07 Å². The normalized spacial score (nSPS) is 21.6. The summed E-state index contributed by atoms with van der Waals surface area (Å²) in [6.45, 7) is 2.60. The van der Waals surface area contributed by atoms with E-state index in [9.17, 15) is 18.0 Å². The number of fused-ring (bicyclic) bond motifs is 1. The van der Waals surface area contributed by atoms with Gasteiger partial charge in [-0.25, -0.2) is 4.98 Å². The highest BCUT2D eigenvalue weighted by molar-refractivity contribution is 7.22. The first kappa shape index (κ1) is 16.0. The largest absolute Gasteiger partial charge is 0.573 e. The lowest BCUT2D eigenvalue weighted by Gasteiger charge is -2.21. The molecule has 1 saturated heterocycles. The monoisotopic (exact) mass is 345 g/mol. The second-order valence-corrected chi connectivity index (χ2v) is 6.54. The van der Waals surface area contributed by atoms with E-state index in [2.05, 4.69) is 20.4 Å². The molecule has 2 N–H and O–H groups in total. The predicted molar refractivity (Wildman–Crippen MR) is 80.6 cm³/mol. The van der Waals surface area contributed by atoms with E-state index in [1.54, 1.807) is 0 Å². The van der Waals surface area contributed by atoms with E-state index in [0.29, 0.717) is 15.3 Å². The van der Waals surface area contributed by atoms with Gasteiger partial charge in [0.05, 0.1) is 15.8 Å². The van der Waals surface area contributed by atoms with Crippen molar-refractivity contribution in [3.63, 3.8) is 0 Å². The van der Waals surface area contributed by atoms with Crippen LogP contribution in [0, 0.1) is 0 Å². The number of nitrogens with one attached hydrogen (secondary N) is 2. The van der Waals surface area contributed by atoms with Gasteiger partial charge in [-0.2, -0.15) is 0 Å². The second kappa shape index (κ2) is 5.64. The molecule has 1 fully saturated rings. The van der Waals surface area contributed by atoms with Crippen LogP contribution in [0.15, 0.2) is 18.2 Å². The number of rotatable bonds is 3. The number of carbonyl (C=O) groups excluding carboxylic acids is 1. The molecule has 1 unspecified atom stereocenters. The van der Waals surface area contributed by atoms with Gasteiger partial charge >= 0.3 is 6.36 Å². The van der Waals surface area contributed by atoms with Gasteiger partial charge in [-0.1, -0.05) is 11.3 Å². The van der Waals surface area contributed by atoms with Crippen LogP contribution in [0.3, 0.4) is 0 Å². The molecule has 2 aromatic rings. The van der Waals surface area contributed by atoms with Gasteiger partial charge in [0.1, 0.15) is 5.75 Å². The highest BCUT2D eigenvalue weighted by Gasteiger charge is 2.36. The smallest absolute Gasteiger partial charge is 0.406 e. The van der Waals surface area contributed by atoms with E-state index in [4.69, 9.17) is 0 Å². The number of halogens is 3. The number of carbonyl (C=O) groups is 1. The number of amides is 1. The number of aromatic nitrogens is 1. The van der Waals surface area contributed by atoms with Gasteiger partial charge in [0.25, 0.3) is 0 Å². The Morgan fingerprint density at radius 1 is 1.48 bits per heavy atom. The van der Waals surface area contributed by atoms with Gasteiger partial charge in [-0.3, -0.25) is 4.79 Å². The Balaban J connectivity index is 1.79. The highest BCUT2D eigenvalue weighted by atomic mass is 32.1. The summed E-state index contributed by atoms with van der Waals surface area (Å²) in [5.74, 6) is -0.503. The summed E-state index contributed by atoms with van der Waals surface area (Å²) < 4.78 is 41.1. The standard InChI is InChI=1S/C14H14F3N3O2S/c1-13(5-2-6-18-13)11(21)20-12-19-9-4-3-8(7-10(9)23-12)22-14(15,16)17/h3-4,7,18H,2,5-6H2,1H3,(H,19,20,21). The predicted octanol–water partition coefficient (Wildman–Crippen LogP) is 3.28. The van der Waals surface area contributed by atoms with Crippen molar-refractivity contribution in [2.24, 2.45) is 0 Å². The average Bonchev–Trinajstić information content (AvgIpc) is 3.03. The van der Waals surface area contributed by atoms with Crippen LogP contribution in [-0.4, -0.2) is 29.3 Å². The molecular weight excluding hydrogens is 331 g/mol. The molecule has 1 aliphatic heterocycles. The van der Waals surface area contributed by atoms with Crippen molar-refractivity contribution < 1.29 is 22.7 Å². The molecule has 0 radical (unpaired) electrons. The van der Waals surface area contributed by atoms with Crippen LogP contribution >= 0.6 is 11.3 Å². The first-order valence-corrected chi connectivity index (χ1v) is 7.80. The molecular formula is C14H14F3N3O2S. The molecule has 1 atom stereocenters. The molecule has 2 heterocycles. The molecule has 1 amide bonds. The Kier molecular flexibility index (Phi) is 3.93. The van der Waals surface area contributed by atoms with Gasteiger partial charge in [-0.15, -0.1) is 13.2 Å². The molecule has 9 heteroatoms. The molecule has 0 spiro atoms. The third-order valence-corrected chi connectivity index (χ3v) is 4.62. The van der Waals surface area contributed by atoms with Crippen molar-refractivity contribution in [1.82, 2.24) is 10.3 Å². The molecule has 0 saturated carbocycles. The topological polar surface area (TPSA) is 63.2 Å². The maximum absolute atomic E-state index is 12.3. The Morgan fingerprint density at radius 3 is 2.91 bits per heavy atom. The minimum Gasteiger partial charge on any atom is -0.406 e. The summed E-state index contributed by atoms with van der Waals surface area (Å²) in [6.07, 6.45) is -3.09. The van der Waals surface area contributed by atoms with E-state index >= 15 is 0 Å². The van der Waals surface area contributed by atoms with Crippen molar-refractivity contribution in [2.75, 3.05) is 11.9 Å². The number of hydrogen-bond donors (Lipinski definition) is 2. The lowest BCUT2D eigenvalue weighted by atomic mass is 10.00. The zero-order valence-corrected chi connectivity index (χ0v) is 13.0. The fourth-order valence-electron chi connectivity index (χ4n) is 2.48. The summed E-state index contributed by atoms with van der Waals surface area (Å²) in [6, 6.07) is 3.88. The number of benzene rings is 1. The fourth-order valence-corrected chi connectivity index (χ4v) is 3.37. The molecule has 0 bridgehead atoms. The van der Waals surface area contributed by atoms with E-state index in [-0.39, 0.29) is 11.7 Å². The molecule has 5 nitrogen and oxygen atoms in total. The number of nitrogens with zero attached hydrogens (tertiary/aromatic N) is 1. The molecule has 1 aromatic heterocycles. The lowest BCUT2D eigenvalue weighted by Crippen LogP contribution is -2.47. The van der Waals surface area contributed by atoms with Gasteiger partial charge in [-0.05, 0) is 38.4 Å². The number of hydrogen-bond acceptors (Lipinski definition) is 5. The number of ether oxygens (including phenoxy) is 1. The Hall–Kier alpha value is -1.87. The maximum atomic E-state index is 12.3. The Morgan fingerprint density at radius 2 is 2.26 bits per heavy atom. The van der Waals surface area contributed by atoms with E-state index in [1.165, 1.54) is 18.2 Å². The van der Waals surface area contributed by atoms with Crippen molar-refractivity contribution >= 4 is 32.6 Å². The van der Waals surface area contributed by atoms with Crippen molar-refractivity contribution in [1.29, 1.82) is 0 Å². The Bertz CT molecular complexity index is 738. The zero-order chi connectivity index (χ0) is 16.7. The summed E-state index contributed by atoms with van der Waals surface area (Å²) in [5, 5.41) is 6.22. The van der Waals surface area contributed by atoms with Gasteiger partial charge in [0.15, 0.2) is 5.13 Å². The van der Waals surface area contributed by atoms with Crippen molar-refractivity contribution in [3.8, 4) is 5.75 Å². The zero-order valence-electron chi connectivity index (χ0n) is 12.2. The molecule has 0 aliphatic carbocycles. The van der Waals surface area contributed by atoms with Crippen LogP contribution in [0.4, 0.5) is 18.3 Å². The van der Waals surface area contributed by atoms with E-state index in [1.807, 2.05) is 6.92 Å². The number of alkyl halides is 3. The van der Waals surface area contributed by atoms with Crippen LogP contribution < -0.4 is 15.4 Å². The van der Waals surface area contributed by atoms with E-state index in [0.717, 1.165) is 30.7 Å². The molecule has 1 aromatic carbocycles. The second-order valence-electron chi connectivity index (χ2n) is 5.51. The number of thiazole rings is 1. The molecule has 3 rings (SSSR count). The van der Waals surface area contributed by atoms with Crippen LogP contribution in [0.1, 0.15) is 19.8 Å². The van der Waals surface area contributed by atoms with Gasteiger partial charge < -0.3 is 15.4 Å². The first-order valence-electron chi connectivity index (χ1n) is 6.98. The van der Waals surface area contributed by atoms with E-state index < -0.39 is 11.9 Å². The number of anilines is 1. The molecule has 1 aliphatic rings. The summed E-state index contributed by atoms with van der Waals surface area (Å²) >= 11 is 1.11. The van der Waals surface area contributed by atoms with Crippen LogP contribution in [0.2, 0.25) is 0 Å². The Labute approximate surface area is 133 Å². The fraction of sp³-hybridized carbons (Fsp3) is 0.429. The summed E-state index contributed by atoms with van der Waals surface area (Å²) in [7, 11) is 0.